The average Bonchev–Trinajstić information content (AvgIpc) is 2.95. The van der Waals surface area contributed by atoms with E-state index in [0.29, 0.717) is 20.1 Å². The van der Waals surface area contributed by atoms with Crippen LogP contribution < -0.4 is 0 Å². The molecule has 4 nitrogen and oxygen atoms in total. The highest BCUT2D eigenvalue weighted by Gasteiger charge is 2.28. The van der Waals surface area contributed by atoms with E-state index in [1.807, 2.05) is 24.3 Å². The number of para-hydroxylation sites is 1. The number of carbonyl (C=O) groups excluding carboxylic acids is 1. The van der Waals surface area contributed by atoms with Gasteiger partial charge in [-0.2, -0.15) is 0 Å². The number of Topliss-reactive ketones (excluding diaryl/α,β-unsaturated/α-hetero) is 1. The minimum absolute atomic E-state index is 0.129. The predicted molar refractivity (Wildman–Crippen MR) is 107 cm³/mol. The molecule has 0 aliphatic carbocycles. The molecule has 0 radical (unpaired) electrons. The molecule has 1 unspecified atom stereocenters. The van der Waals surface area contributed by atoms with Gasteiger partial charge in [0.15, 0.2) is 5.78 Å². The van der Waals surface area contributed by atoms with Gasteiger partial charge >= 0.3 is 5.97 Å². The van der Waals surface area contributed by atoms with Crippen molar-refractivity contribution in [3.8, 4) is 0 Å². The van der Waals surface area contributed by atoms with Crippen molar-refractivity contribution >= 4 is 70.4 Å². The molecule has 0 saturated heterocycles. The maximum Gasteiger partial charge on any atom is 0.311 e. The number of benzene rings is 2. The van der Waals surface area contributed by atoms with Crippen molar-refractivity contribution in [2.75, 3.05) is 0 Å². The quantitative estimate of drug-likeness (QED) is 0.404. The minimum atomic E-state index is -1.03. The molecule has 2 aromatic carbocycles. The summed E-state index contributed by atoms with van der Waals surface area (Å²) in [7, 11) is 0. The van der Waals surface area contributed by atoms with Gasteiger partial charge in [-0.1, -0.05) is 34.1 Å². The lowest BCUT2D eigenvalue weighted by Crippen LogP contribution is -2.16. The Morgan fingerprint density at radius 1 is 1.08 bits per heavy atom. The van der Waals surface area contributed by atoms with Crippen molar-refractivity contribution in [3.05, 3.63) is 67.1 Å². The predicted octanol–water partition coefficient (Wildman–Crippen LogP) is 5.90. The molecule has 1 aromatic heterocycles. The highest BCUT2D eigenvalue weighted by Crippen LogP contribution is 2.34. The number of nitrogens with one attached hydrogen (secondary N) is 1. The number of aromatic amines is 1. The Bertz CT molecular complexity index is 958. The van der Waals surface area contributed by atoms with Crippen LogP contribution >= 0.6 is 47.8 Å². The minimum Gasteiger partial charge on any atom is -0.481 e. The normalized spacial score (nSPS) is 12.3. The van der Waals surface area contributed by atoms with Gasteiger partial charge < -0.3 is 10.1 Å². The van der Waals surface area contributed by atoms with Gasteiger partial charge in [-0.15, -0.1) is 0 Å². The summed E-state index contributed by atoms with van der Waals surface area (Å²) in [5, 5.41) is 10.5. The van der Waals surface area contributed by atoms with Gasteiger partial charge in [-0.3, -0.25) is 9.59 Å². The van der Waals surface area contributed by atoms with E-state index in [0.717, 1.165) is 15.4 Å². The molecule has 128 valence electrons. The third-order valence-corrected chi connectivity index (χ3v) is 5.68. The molecular weight excluding hydrogens is 518 g/mol. The first-order valence-electron chi connectivity index (χ1n) is 7.35. The number of halogens is 3. The Labute approximate surface area is 169 Å². The Morgan fingerprint density at radius 2 is 1.72 bits per heavy atom. The molecule has 0 saturated carbocycles. The largest absolute Gasteiger partial charge is 0.481 e. The smallest absolute Gasteiger partial charge is 0.311 e. The summed E-state index contributed by atoms with van der Waals surface area (Å²) in [4.78, 5) is 27.7. The lowest BCUT2D eigenvalue weighted by Gasteiger charge is -2.13. The van der Waals surface area contributed by atoms with Crippen LogP contribution in [0.3, 0.4) is 0 Å². The summed E-state index contributed by atoms with van der Waals surface area (Å²) in [5.41, 5.74) is 1.90. The van der Waals surface area contributed by atoms with E-state index in [1.165, 1.54) is 0 Å². The van der Waals surface area contributed by atoms with Crippen LogP contribution in [-0.2, 0) is 4.79 Å². The fourth-order valence-corrected chi connectivity index (χ4v) is 5.51. The van der Waals surface area contributed by atoms with Crippen molar-refractivity contribution < 1.29 is 14.7 Å². The number of carboxylic acid groups (broad SMARTS) is 1. The van der Waals surface area contributed by atoms with E-state index in [2.05, 4.69) is 52.8 Å². The van der Waals surface area contributed by atoms with E-state index >= 15 is 0 Å². The summed E-state index contributed by atoms with van der Waals surface area (Å²) in [6, 6.07) is 11.0. The second-order valence-electron chi connectivity index (χ2n) is 5.55. The van der Waals surface area contributed by atoms with Crippen LogP contribution in [0.25, 0.3) is 10.9 Å². The zero-order chi connectivity index (χ0) is 18.1. The number of ketones is 1. The van der Waals surface area contributed by atoms with E-state index in [4.69, 9.17) is 0 Å². The molecule has 0 aliphatic heterocycles. The standard InChI is InChI=1S/C18H12Br3NO3/c19-9-5-13(20)17(14(21)6-9)16(23)7-11(18(24)25)12-8-22-15-4-2-1-3-10(12)15/h1-6,8,11,22H,7H2,(H,24,25). The van der Waals surface area contributed by atoms with Crippen LogP contribution in [0.5, 0.6) is 0 Å². The van der Waals surface area contributed by atoms with Gasteiger partial charge in [0.25, 0.3) is 0 Å². The molecule has 0 aliphatic rings. The Hall–Kier alpha value is -1.44. The highest BCUT2D eigenvalue weighted by atomic mass is 79.9. The molecule has 7 heteroatoms. The van der Waals surface area contributed by atoms with Crippen molar-refractivity contribution in [2.45, 2.75) is 12.3 Å². The first-order chi connectivity index (χ1) is 11.9. The van der Waals surface area contributed by atoms with Gasteiger partial charge in [0.1, 0.15) is 0 Å². The fourth-order valence-electron chi connectivity index (χ4n) is 2.81. The zero-order valence-corrected chi connectivity index (χ0v) is 17.5. The number of hydrogen-bond donors (Lipinski definition) is 2. The number of carboxylic acids is 1. The number of rotatable bonds is 5. The zero-order valence-electron chi connectivity index (χ0n) is 12.7. The third kappa shape index (κ3) is 3.73. The average molecular weight is 530 g/mol. The van der Waals surface area contributed by atoms with Crippen molar-refractivity contribution in [3.63, 3.8) is 0 Å². The van der Waals surface area contributed by atoms with Crippen LogP contribution in [-0.4, -0.2) is 21.8 Å². The molecule has 0 spiro atoms. The first-order valence-corrected chi connectivity index (χ1v) is 9.73. The number of aliphatic carboxylic acids is 1. The van der Waals surface area contributed by atoms with Gasteiger partial charge in [0.2, 0.25) is 0 Å². The van der Waals surface area contributed by atoms with Gasteiger partial charge in [-0.25, -0.2) is 0 Å². The topological polar surface area (TPSA) is 70.2 Å². The third-order valence-electron chi connectivity index (χ3n) is 3.97. The number of H-pyrrole nitrogens is 1. The number of carbonyl (C=O) groups is 2. The molecule has 1 heterocycles. The van der Waals surface area contributed by atoms with Crippen LogP contribution in [0.2, 0.25) is 0 Å². The molecule has 1 atom stereocenters. The van der Waals surface area contributed by atoms with Crippen molar-refractivity contribution in [2.24, 2.45) is 0 Å². The maximum absolute atomic E-state index is 12.8. The van der Waals surface area contributed by atoms with Gasteiger partial charge in [0, 0.05) is 42.5 Å². The molecule has 0 fully saturated rings. The van der Waals surface area contributed by atoms with E-state index < -0.39 is 11.9 Å². The second-order valence-corrected chi connectivity index (χ2v) is 8.18. The van der Waals surface area contributed by atoms with E-state index in [-0.39, 0.29) is 12.2 Å². The monoisotopic (exact) mass is 527 g/mol. The SMILES string of the molecule is O=C(CC(C(=O)O)c1c[nH]c2ccccc12)c1c(Br)cc(Br)cc1Br. The summed E-state index contributed by atoms with van der Waals surface area (Å²) in [6.45, 7) is 0. The van der Waals surface area contributed by atoms with Crippen molar-refractivity contribution in [1.82, 2.24) is 4.98 Å². The van der Waals surface area contributed by atoms with Crippen molar-refractivity contribution in [1.29, 1.82) is 0 Å². The second kappa shape index (κ2) is 7.43. The lowest BCUT2D eigenvalue weighted by molar-refractivity contribution is -0.138. The van der Waals surface area contributed by atoms with Crippen LogP contribution in [0.4, 0.5) is 0 Å². The molecule has 0 bridgehead atoms. The molecular formula is C18H12Br3NO3. The van der Waals surface area contributed by atoms with Gasteiger partial charge in [0.05, 0.1) is 5.92 Å². The number of hydrogen-bond acceptors (Lipinski definition) is 2. The molecule has 0 amide bonds. The summed E-state index contributed by atoms with van der Waals surface area (Å²) in [6.07, 6.45) is 1.54. The van der Waals surface area contributed by atoms with Gasteiger partial charge in [-0.05, 0) is 55.6 Å². The molecule has 25 heavy (non-hydrogen) atoms. The van der Waals surface area contributed by atoms with Crippen LogP contribution in [0, 0.1) is 0 Å². The highest BCUT2D eigenvalue weighted by molar-refractivity contribution is 9.11. The Kier molecular flexibility index (Phi) is 5.46. The number of fused-ring (bicyclic) bond motifs is 1. The van der Waals surface area contributed by atoms with E-state index in [9.17, 15) is 14.7 Å². The summed E-state index contributed by atoms with van der Waals surface area (Å²) < 4.78 is 2.04. The molecule has 3 rings (SSSR count). The summed E-state index contributed by atoms with van der Waals surface area (Å²) >= 11 is 10.1. The number of aromatic nitrogens is 1. The molecule has 2 N–H and O–H groups in total. The Morgan fingerprint density at radius 3 is 2.36 bits per heavy atom. The first kappa shape index (κ1) is 18.4. The lowest BCUT2D eigenvalue weighted by atomic mass is 9.91. The Balaban J connectivity index is 1.98. The maximum atomic E-state index is 12.8. The fraction of sp³-hybridized carbons (Fsp3) is 0.111. The summed E-state index contributed by atoms with van der Waals surface area (Å²) in [5.74, 6) is -2.20. The van der Waals surface area contributed by atoms with Crippen LogP contribution in [0.15, 0.2) is 56.0 Å². The van der Waals surface area contributed by atoms with E-state index in [1.54, 1.807) is 18.3 Å². The molecule has 3 aromatic rings. The van der Waals surface area contributed by atoms with Crippen LogP contribution in [0.1, 0.15) is 28.3 Å².